The van der Waals surface area contributed by atoms with E-state index >= 15 is 0 Å². The number of benzene rings is 1. The molecular weight excluding hydrogens is 290 g/mol. The van der Waals surface area contributed by atoms with Crippen molar-refractivity contribution in [1.82, 2.24) is 0 Å². The average molecular weight is 315 g/mol. The number of nitrogens with zero attached hydrogens (tertiary/aromatic N) is 2. The quantitative estimate of drug-likeness (QED) is 0.920. The first-order valence-electron chi connectivity index (χ1n) is 8.77. The minimum absolute atomic E-state index is 0.0374. The van der Waals surface area contributed by atoms with Crippen LogP contribution in [0.2, 0.25) is 0 Å². The van der Waals surface area contributed by atoms with E-state index in [1.165, 1.54) is 18.5 Å². The Kier molecular flexibility index (Phi) is 3.99. The molecule has 2 fully saturated rings. The smallest absolute Gasteiger partial charge is 0.256 e. The first kappa shape index (κ1) is 15.0. The average Bonchev–Trinajstić information content (AvgIpc) is 3.27. The highest BCUT2D eigenvalue weighted by Crippen LogP contribution is 2.38. The lowest BCUT2D eigenvalue weighted by Gasteiger charge is -2.38. The summed E-state index contributed by atoms with van der Waals surface area (Å²) in [5, 5.41) is 0. The molecule has 2 aliphatic heterocycles. The zero-order valence-electron chi connectivity index (χ0n) is 13.5. The van der Waals surface area contributed by atoms with Crippen LogP contribution in [0.15, 0.2) is 24.3 Å². The highest BCUT2D eigenvalue weighted by atomic mass is 16.5. The Labute approximate surface area is 137 Å². The van der Waals surface area contributed by atoms with Crippen molar-refractivity contribution in [3.8, 4) is 0 Å². The molecule has 1 saturated carbocycles. The highest BCUT2D eigenvalue weighted by Gasteiger charge is 2.36. The maximum atomic E-state index is 12.9. The molecule has 2 atom stereocenters. The van der Waals surface area contributed by atoms with Gasteiger partial charge in [0.1, 0.15) is 6.10 Å². The molecule has 0 spiro atoms. The molecule has 5 heteroatoms. The van der Waals surface area contributed by atoms with Gasteiger partial charge in [0.2, 0.25) is 0 Å². The molecule has 2 N–H and O–H groups in total. The fourth-order valence-corrected chi connectivity index (χ4v) is 3.69. The van der Waals surface area contributed by atoms with E-state index in [0.717, 1.165) is 44.1 Å². The Morgan fingerprint density at radius 1 is 1.13 bits per heavy atom. The van der Waals surface area contributed by atoms with Gasteiger partial charge < -0.3 is 20.3 Å². The van der Waals surface area contributed by atoms with Crippen molar-refractivity contribution in [2.75, 3.05) is 36.0 Å². The number of nitrogens with two attached hydrogens (primary N) is 1. The lowest BCUT2D eigenvalue weighted by molar-refractivity contribution is -0.129. The number of hydrogen-bond acceptors (Lipinski definition) is 4. The predicted molar refractivity (Wildman–Crippen MR) is 90.7 cm³/mol. The maximum Gasteiger partial charge on any atom is 0.256 e. The summed E-state index contributed by atoms with van der Waals surface area (Å²) >= 11 is 0. The molecule has 124 valence electrons. The van der Waals surface area contributed by atoms with Crippen LogP contribution >= 0.6 is 0 Å². The summed E-state index contributed by atoms with van der Waals surface area (Å²) in [6, 6.07) is 8.26. The number of carbonyl (C=O) groups is 1. The van der Waals surface area contributed by atoms with Crippen LogP contribution in [0.1, 0.15) is 25.7 Å². The van der Waals surface area contributed by atoms with Crippen molar-refractivity contribution in [2.24, 2.45) is 11.7 Å². The number of carbonyl (C=O) groups excluding carboxylic acids is 1. The van der Waals surface area contributed by atoms with E-state index in [4.69, 9.17) is 10.5 Å². The molecule has 0 aromatic heterocycles. The van der Waals surface area contributed by atoms with Crippen molar-refractivity contribution in [3.05, 3.63) is 24.3 Å². The first-order chi connectivity index (χ1) is 11.3. The van der Waals surface area contributed by atoms with Crippen molar-refractivity contribution < 1.29 is 9.53 Å². The monoisotopic (exact) mass is 315 g/mol. The van der Waals surface area contributed by atoms with E-state index in [1.807, 2.05) is 11.0 Å². The zero-order chi connectivity index (χ0) is 15.8. The van der Waals surface area contributed by atoms with Crippen LogP contribution in [-0.4, -0.2) is 44.3 Å². The van der Waals surface area contributed by atoms with Crippen LogP contribution in [-0.2, 0) is 9.53 Å². The summed E-state index contributed by atoms with van der Waals surface area (Å²) in [4.78, 5) is 17.3. The fourth-order valence-electron chi connectivity index (χ4n) is 3.69. The Morgan fingerprint density at radius 3 is 2.61 bits per heavy atom. The van der Waals surface area contributed by atoms with E-state index in [-0.39, 0.29) is 18.1 Å². The molecule has 3 aliphatic rings. The molecule has 1 amide bonds. The van der Waals surface area contributed by atoms with Crippen LogP contribution in [0.3, 0.4) is 0 Å². The van der Waals surface area contributed by atoms with Crippen molar-refractivity contribution in [3.63, 3.8) is 0 Å². The van der Waals surface area contributed by atoms with E-state index in [0.29, 0.717) is 6.54 Å². The topological polar surface area (TPSA) is 58.8 Å². The van der Waals surface area contributed by atoms with Gasteiger partial charge in [0, 0.05) is 26.2 Å². The Balaban J connectivity index is 1.53. The second kappa shape index (κ2) is 6.13. The summed E-state index contributed by atoms with van der Waals surface area (Å²) in [6.45, 7) is 3.27. The Bertz CT molecular complexity index is 587. The van der Waals surface area contributed by atoms with Crippen LogP contribution in [0, 0.1) is 5.92 Å². The Morgan fingerprint density at radius 2 is 1.91 bits per heavy atom. The van der Waals surface area contributed by atoms with Gasteiger partial charge in [-0.15, -0.1) is 0 Å². The summed E-state index contributed by atoms with van der Waals surface area (Å²) in [6.07, 6.45) is 4.07. The fraction of sp³-hybridized carbons (Fsp3) is 0.611. The van der Waals surface area contributed by atoms with E-state index < -0.39 is 0 Å². The normalized spacial score (nSPS) is 27.2. The molecule has 1 saturated heterocycles. The van der Waals surface area contributed by atoms with Gasteiger partial charge in [-0.1, -0.05) is 12.1 Å². The molecule has 1 aliphatic carbocycles. The summed E-state index contributed by atoms with van der Waals surface area (Å²) in [7, 11) is 0. The van der Waals surface area contributed by atoms with E-state index in [2.05, 4.69) is 23.1 Å². The van der Waals surface area contributed by atoms with Gasteiger partial charge in [-0.2, -0.15) is 0 Å². The van der Waals surface area contributed by atoms with Crippen molar-refractivity contribution in [2.45, 2.75) is 37.9 Å². The highest BCUT2D eigenvalue weighted by molar-refractivity contribution is 6.00. The lowest BCUT2D eigenvalue weighted by atomic mass is 10.1. The zero-order valence-corrected chi connectivity index (χ0v) is 13.5. The van der Waals surface area contributed by atoms with E-state index in [9.17, 15) is 4.79 Å². The summed E-state index contributed by atoms with van der Waals surface area (Å²) in [5.41, 5.74) is 7.88. The van der Waals surface area contributed by atoms with Gasteiger partial charge in [0.25, 0.3) is 5.91 Å². The molecule has 1 aromatic rings. The number of rotatable bonds is 4. The third-order valence-electron chi connectivity index (χ3n) is 5.19. The molecule has 0 unspecified atom stereocenters. The van der Waals surface area contributed by atoms with Crippen molar-refractivity contribution in [1.29, 1.82) is 0 Å². The van der Waals surface area contributed by atoms with Gasteiger partial charge >= 0.3 is 0 Å². The Hall–Kier alpha value is -1.59. The van der Waals surface area contributed by atoms with Crippen LogP contribution in [0.4, 0.5) is 11.4 Å². The molecular formula is C18H25N3O2. The maximum absolute atomic E-state index is 12.9. The standard InChI is InChI=1S/C18H25N3O2/c19-11-14-7-8-17(23-14)18(22)21-10-9-20(12-13-5-6-13)15-3-1-2-4-16(15)21/h1-4,13-14,17H,5-12,19H2/t14-,17+/m1/s1. The molecule has 4 rings (SSSR count). The molecule has 5 nitrogen and oxygen atoms in total. The number of hydrogen-bond donors (Lipinski definition) is 1. The van der Waals surface area contributed by atoms with Crippen LogP contribution in [0.25, 0.3) is 0 Å². The van der Waals surface area contributed by atoms with E-state index in [1.54, 1.807) is 0 Å². The van der Waals surface area contributed by atoms with Gasteiger partial charge in [-0.05, 0) is 43.7 Å². The van der Waals surface area contributed by atoms with Gasteiger partial charge in [0.15, 0.2) is 0 Å². The predicted octanol–water partition coefficient (Wildman–Crippen LogP) is 1.76. The molecule has 2 heterocycles. The largest absolute Gasteiger partial charge is 0.368 e. The SMILES string of the molecule is NC[C@H]1CC[C@@H](C(=O)N2CCN(CC3CC3)c3ccccc32)O1. The third-order valence-corrected chi connectivity index (χ3v) is 5.19. The van der Waals surface area contributed by atoms with Crippen LogP contribution in [0.5, 0.6) is 0 Å². The number of fused-ring (bicyclic) bond motifs is 1. The third kappa shape index (κ3) is 2.95. The molecule has 0 radical (unpaired) electrons. The molecule has 0 bridgehead atoms. The summed E-state index contributed by atoms with van der Waals surface area (Å²) < 4.78 is 5.81. The lowest BCUT2D eigenvalue weighted by Crippen LogP contribution is -2.48. The second-order valence-electron chi connectivity index (χ2n) is 6.93. The molecule has 23 heavy (non-hydrogen) atoms. The number of para-hydroxylation sites is 2. The molecule has 1 aromatic carbocycles. The van der Waals surface area contributed by atoms with Gasteiger partial charge in [0.05, 0.1) is 17.5 Å². The van der Waals surface area contributed by atoms with Gasteiger partial charge in [-0.25, -0.2) is 0 Å². The van der Waals surface area contributed by atoms with Gasteiger partial charge in [-0.3, -0.25) is 4.79 Å². The van der Waals surface area contributed by atoms with Crippen LogP contribution < -0.4 is 15.5 Å². The number of anilines is 2. The minimum atomic E-state index is -0.327. The summed E-state index contributed by atoms with van der Waals surface area (Å²) in [5.74, 6) is 0.938. The minimum Gasteiger partial charge on any atom is -0.368 e. The first-order valence-corrected chi connectivity index (χ1v) is 8.77. The number of amides is 1. The second-order valence-corrected chi connectivity index (χ2v) is 6.93. The van der Waals surface area contributed by atoms with Crippen molar-refractivity contribution >= 4 is 17.3 Å². The number of ether oxygens (including phenoxy) is 1.